The summed E-state index contributed by atoms with van der Waals surface area (Å²) in [6.07, 6.45) is 0. The third-order valence-corrected chi connectivity index (χ3v) is 6.14. The third-order valence-electron chi connectivity index (χ3n) is 4.92. The minimum atomic E-state index is 1.28. The summed E-state index contributed by atoms with van der Waals surface area (Å²) in [4.78, 5) is 1.35. The number of hydrogen-bond acceptors (Lipinski definition) is 1. The minimum Gasteiger partial charge on any atom is -0.135 e. The molecule has 0 aliphatic carbocycles. The quantitative estimate of drug-likeness (QED) is 0.306. The lowest BCUT2D eigenvalue weighted by Crippen LogP contribution is -1.82. The Labute approximate surface area is 157 Å². The van der Waals surface area contributed by atoms with Crippen molar-refractivity contribution >= 4 is 32.2 Å². The molecule has 0 amide bonds. The molecule has 0 fully saturated rings. The van der Waals surface area contributed by atoms with Crippen LogP contribution in [0.1, 0.15) is 5.56 Å². The summed E-state index contributed by atoms with van der Waals surface area (Å²) in [6, 6.07) is 33.0. The molecule has 0 nitrogen and oxygen atoms in total. The summed E-state index contributed by atoms with van der Waals surface area (Å²) in [5.74, 6) is 0. The number of hydrogen-bond donors (Lipinski definition) is 0. The van der Waals surface area contributed by atoms with E-state index in [0.717, 1.165) is 0 Å². The molecule has 0 atom stereocenters. The summed E-state index contributed by atoms with van der Waals surface area (Å²) in [5, 5.41) is 3.93. The molecule has 26 heavy (non-hydrogen) atoms. The first kappa shape index (κ1) is 15.4. The highest BCUT2D eigenvalue weighted by Crippen LogP contribution is 2.45. The molecule has 1 aromatic heterocycles. The van der Waals surface area contributed by atoms with Crippen molar-refractivity contribution in [1.82, 2.24) is 0 Å². The fourth-order valence-corrected chi connectivity index (χ4v) is 4.87. The molecule has 1 heteroatoms. The van der Waals surface area contributed by atoms with Crippen LogP contribution in [0.2, 0.25) is 0 Å². The molecular weight excluding hydrogens is 332 g/mol. The first-order valence-corrected chi connectivity index (χ1v) is 9.69. The van der Waals surface area contributed by atoms with Crippen molar-refractivity contribution in [2.75, 3.05) is 0 Å². The maximum Gasteiger partial charge on any atom is 0.0434 e. The van der Waals surface area contributed by atoms with Crippen molar-refractivity contribution < 1.29 is 0 Å². The molecule has 4 aromatic carbocycles. The average molecular weight is 350 g/mol. The van der Waals surface area contributed by atoms with Crippen molar-refractivity contribution in [2.45, 2.75) is 6.92 Å². The first-order chi connectivity index (χ1) is 12.8. The van der Waals surface area contributed by atoms with E-state index >= 15 is 0 Å². The molecule has 5 aromatic rings. The highest BCUT2D eigenvalue weighted by atomic mass is 32.1. The first-order valence-electron chi connectivity index (χ1n) is 8.87. The molecule has 124 valence electrons. The number of rotatable bonds is 2. The van der Waals surface area contributed by atoms with E-state index in [1.165, 1.54) is 48.0 Å². The van der Waals surface area contributed by atoms with Gasteiger partial charge in [-0.15, -0.1) is 11.3 Å². The second kappa shape index (κ2) is 6.12. The van der Waals surface area contributed by atoms with E-state index in [4.69, 9.17) is 0 Å². The molecule has 0 aliphatic rings. The molecule has 0 unspecified atom stereocenters. The van der Waals surface area contributed by atoms with Gasteiger partial charge in [0.1, 0.15) is 0 Å². The molecule has 5 rings (SSSR count). The van der Waals surface area contributed by atoms with E-state index < -0.39 is 0 Å². The zero-order valence-corrected chi connectivity index (χ0v) is 15.4. The topological polar surface area (TPSA) is 0 Å². The predicted octanol–water partition coefficient (Wildman–Crippen LogP) is 7.70. The molecule has 0 N–H and O–H groups in total. The van der Waals surface area contributed by atoms with Crippen LogP contribution in [-0.4, -0.2) is 0 Å². The summed E-state index contributed by atoms with van der Waals surface area (Å²) in [7, 11) is 0. The van der Waals surface area contributed by atoms with Gasteiger partial charge in [-0.2, -0.15) is 0 Å². The van der Waals surface area contributed by atoms with E-state index in [1.54, 1.807) is 0 Å². The maximum absolute atomic E-state index is 2.33. The molecule has 0 saturated heterocycles. The monoisotopic (exact) mass is 350 g/mol. The summed E-state index contributed by atoms with van der Waals surface area (Å²) in [6.45, 7) is 2.15. The molecule has 0 saturated carbocycles. The van der Waals surface area contributed by atoms with Crippen molar-refractivity contribution in [3.05, 3.63) is 96.6 Å². The van der Waals surface area contributed by atoms with Gasteiger partial charge in [0.2, 0.25) is 0 Å². The van der Waals surface area contributed by atoms with Crippen molar-refractivity contribution in [3.63, 3.8) is 0 Å². The van der Waals surface area contributed by atoms with Gasteiger partial charge >= 0.3 is 0 Å². The highest BCUT2D eigenvalue weighted by Gasteiger charge is 2.15. The Balaban J connectivity index is 1.80. The lowest BCUT2D eigenvalue weighted by atomic mass is 9.97. The Morgan fingerprint density at radius 2 is 1.35 bits per heavy atom. The Morgan fingerprint density at radius 1 is 0.615 bits per heavy atom. The zero-order valence-electron chi connectivity index (χ0n) is 14.6. The Hall–Kier alpha value is -2.90. The normalized spacial score (nSPS) is 11.3. The smallest absolute Gasteiger partial charge is 0.0434 e. The van der Waals surface area contributed by atoms with Crippen molar-refractivity contribution in [2.24, 2.45) is 0 Å². The number of benzene rings is 4. The average Bonchev–Trinajstić information content (AvgIpc) is 3.08. The van der Waals surface area contributed by atoms with Crippen LogP contribution in [0, 0.1) is 6.92 Å². The molecule has 0 aliphatic heterocycles. The molecule has 0 spiro atoms. The van der Waals surface area contributed by atoms with Crippen molar-refractivity contribution in [3.8, 4) is 21.6 Å². The SMILES string of the molecule is Cc1ccc2cc(-c3sc4ccccc4c3-c3ccccc3)ccc2c1. The minimum absolute atomic E-state index is 1.28. The Morgan fingerprint density at radius 3 is 2.23 bits per heavy atom. The van der Waals surface area contributed by atoms with Crippen LogP contribution in [0.25, 0.3) is 42.4 Å². The van der Waals surface area contributed by atoms with E-state index in [9.17, 15) is 0 Å². The fourth-order valence-electron chi connectivity index (χ4n) is 3.65. The van der Waals surface area contributed by atoms with E-state index in [1.807, 2.05) is 11.3 Å². The van der Waals surface area contributed by atoms with Gasteiger partial charge in [0.05, 0.1) is 0 Å². The van der Waals surface area contributed by atoms with Gasteiger partial charge in [-0.3, -0.25) is 0 Å². The van der Waals surface area contributed by atoms with Gasteiger partial charge in [0.15, 0.2) is 0 Å². The van der Waals surface area contributed by atoms with Gasteiger partial charge < -0.3 is 0 Å². The summed E-state index contributed by atoms with van der Waals surface area (Å²) in [5.41, 5.74) is 5.22. The molecular formula is C25H18S. The third kappa shape index (κ3) is 2.53. The summed E-state index contributed by atoms with van der Waals surface area (Å²) >= 11 is 1.88. The van der Waals surface area contributed by atoms with Crippen LogP contribution < -0.4 is 0 Å². The van der Waals surface area contributed by atoms with Gasteiger partial charge in [-0.25, -0.2) is 0 Å². The van der Waals surface area contributed by atoms with Gasteiger partial charge in [-0.05, 0) is 41.0 Å². The fraction of sp³-hybridized carbons (Fsp3) is 0.0400. The van der Waals surface area contributed by atoms with Crippen molar-refractivity contribution in [1.29, 1.82) is 0 Å². The molecule has 1 heterocycles. The largest absolute Gasteiger partial charge is 0.135 e. The van der Waals surface area contributed by atoms with Crippen LogP contribution in [0.15, 0.2) is 91.0 Å². The zero-order chi connectivity index (χ0) is 17.5. The lowest BCUT2D eigenvalue weighted by molar-refractivity contribution is 1.51. The second-order valence-electron chi connectivity index (χ2n) is 6.73. The van der Waals surface area contributed by atoms with E-state index in [2.05, 4.69) is 97.9 Å². The standard InChI is InChI=1S/C25H18S/c1-17-11-12-20-16-21(14-13-19(20)15-17)25-24(18-7-3-2-4-8-18)22-9-5-6-10-23(22)26-25/h2-16H,1H3. The van der Waals surface area contributed by atoms with Crippen LogP contribution in [-0.2, 0) is 0 Å². The predicted molar refractivity (Wildman–Crippen MR) is 115 cm³/mol. The summed E-state index contributed by atoms with van der Waals surface area (Å²) < 4.78 is 1.34. The number of thiophene rings is 1. The van der Waals surface area contributed by atoms with Crippen LogP contribution in [0.4, 0.5) is 0 Å². The second-order valence-corrected chi connectivity index (χ2v) is 7.79. The lowest BCUT2D eigenvalue weighted by Gasteiger charge is -2.07. The van der Waals surface area contributed by atoms with Crippen LogP contribution >= 0.6 is 11.3 Å². The number of fused-ring (bicyclic) bond motifs is 2. The van der Waals surface area contributed by atoms with Gasteiger partial charge in [-0.1, -0.05) is 84.4 Å². The highest BCUT2D eigenvalue weighted by molar-refractivity contribution is 7.23. The Kier molecular flexibility index (Phi) is 3.62. The van der Waals surface area contributed by atoms with Crippen LogP contribution in [0.3, 0.4) is 0 Å². The molecule has 0 radical (unpaired) electrons. The number of aryl methyl sites for hydroxylation is 1. The van der Waals surface area contributed by atoms with Gasteiger partial charge in [0, 0.05) is 20.5 Å². The van der Waals surface area contributed by atoms with E-state index in [-0.39, 0.29) is 0 Å². The van der Waals surface area contributed by atoms with Crippen LogP contribution in [0.5, 0.6) is 0 Å². The van der Waals surface area contributed by atoms with E-state index in [0.29, 0.717) is 0 Å². The Bertz CT molecular complexity index is 1230. The maximum atomic E-state index is 2.33. The van der Waals surface area contributed by atoms with Gasteiger partial charge in [0.25, 0.3) is 0 Å². The molecule has 0 bridgehead atoms.